The fourth-order valence-corrected chi connectivity index (χ4v) is 6.92. The highest BCUT2D eigenvalue weighted by molar-refractivity contribution is 8.29. The molecule has 4 rings (SSSR count). The van der Waals surface area contributed by atoms with Gasteiger partial charge >= 0.3 is 0 Å². The van der Waals surface area contributed by atoms with Crippen LogP contribution in [0.2, 0.25) is 0 Å². The first kappa shape index (κ1) is 29.9. The zero-order chi connectivity index (χ0) is 28.8. The molecule has 8 nitrogen and oxygen atoms in total. The fourth-order valence-electron chi connectivity index (χ4n) is 4.14. The van der Waals surface area contributed by atoms with Gasteiger partial charge in [-0.05, 0) is 62.1 Å². The molecule has 208 valence electrons. The van der Waals surface area contributed by atoms with E-state index in [1.165, 1.54) is 9.80 Å². The summed E-state index contributed by atoms with van der Waals surface area (Å²) in [5.41, 5.74) is 3.54. The molecule has 40 heavy (non-hydrogen) atoms. The summed E-state index contributed by atoms with van der Waals surface area (Å²) in [4.78, 5) is 54.3. The van der Waals surface area contributed by atoms with Gasteiger partial charge in [-0.25, -0.2) is 0 Å². The van der Waals surface area contributed by atoms with Crippen LogP contribution in [-0.4, -0.2) is 55.2 Å². The molecule has 0 atom stereocenters. The topological polar surface area (TPSA) is 98.8 Å². The van der Waals surface area contributed by atoms with Gasteiger partial charge in [0.15, 0.2) is 0 Å². The van der Waals surface area contributed by atoms with Gasteiger partial charge in [-0.2, -0.15) is 0 Å². The molecule has 2 aliphatic rings. The van der Waals surface area contributed by atoms with Crippen molar-refractivity contribution in [3.63, 3.8) is 0 Å². The van der Waals surface area contributed by atoms with Crippen molar-refractivity contribution in [3.05, 3.63) is 69.5 Å². The predicted octanol–water partition coefficient (Wildman–Crippen LogP) is 5.37. The Balaban J connectivity index is 1.28. The number of nitrogens with one attached hydrogen (secondary N) is 2. The van der Waals surface area contributed by atoms with Gasteiger partial charge < -0.3 is 10.6 Å². The Hall–Kier alpha value is -3.06. The zero-order valence-corrected chi connectivity index (χ0v) is 25.3. The largest absolute Gasteiger partial charge is 0.326 e. The number of carbonyl (C=O) groups is 4. The summed E-state index contributed by atoms with van der Waals surface area (Å²) in [6.07, 6.45) is 1.28. The Bertz CT molecular complexity index is 1320. The highest BCUT2D eigenvalue weighted by Crippen LogP contribution is 2.42. The van der Waals surface area contributed by atoms with Crippen LogP contribution in [0.15, 0.2) is 58.3 Å². The third kappa shape index (κ3) is 7.57. The molecule has 0 spiro atoms. The van der Waals surface area contributed by atoms with E-state index in [0.29, 0.717) is 21.5 Å². The average Bonchev–Trinajstić information content (AvgIpc) is 3.33. The molecule has 2 fully saturated rings. The molecule has 2 N–H and O–H groups in total. The maximum absolute atomic E-state index is 13.1. The van der Waals surface area contributed by atoms with Crippen LogP contribution in [0.5, 0.6) is 0 Å². The van der Waals surface area contributed by atoms with Crippen molar-refractivity contribution in [1.82, 2.24) is 9.80 Å². The summed E-state index contributed by atoms with van der Waals surface area (Å²) in [7, 11) is 0. The second kappa shape index (κ2) is 13.5. The molecule has 0 unspecified atom stereocenters. The quantitative estimate of drug-likeness (QED) is 0.273. The van der Waals surface area contributed by atoms with E-state index in [2.05, 4.69) is 10.6 Å². The van der Waals surface area contributed by atoms with Gasteiger partial charge in [0.05, 0.1) is 9.81 Å². The highest BCUT2D eigenvalue weighted by Gasteiger charge is 2.41. The number of hydrogen-bond acceptors (Lipinski definition) is 8. The molecular weight excluding hydrogens is 585 g/mol. The molecule has 4 amide bonds. The number of anilines is 2. The van der Waals surface area contributed by atoms with Crippen LogP contribution in [-0.2, 0) is 19.2 Å². The van der Waals surface area contributed by atoms with Gasteiger partial charge in [0.1, 0.15) is 8.64 Å². The summed E-state index contributed by atoms with van der Waals surface area (Å²) < 4.78 is 0.689. The van der Waals surface area contributed by atoms with Crippen LogP contribution in [0, 0.1) is 13.8 Å². The van der Waals surface area contributed by atoms with Crippen molar-refractivity contribution in [2.45, 2.75) is 39.5 Å². The molecule has 12 heteroatoms. The number of nitrogens with zero attached hydrogens (tertiary/aromatic N) is 2. The number of amides is 4. The lowest BCUT2D eigenvalue weighted by Gasteiger charge is -2.15. The van der Waals surface area contributed by atoms with E-state index in [0.717, 1.165) is 46.0 Å². The number of thiocarbonyl (C=S) groups is 2. The van der Waals surface area contributed by atoms with E-state index in [1.54, 1.807) is 0 Å². The van der Waals surface area contributed by atoms with Crippen LogP contribution in [0.4, 0.5) is 11.4 Å². The lowest BCUT2D eigenvalue weighted by molar-refractivity contribution is -0.124. The van der Waals surface area contributed by atoms with E-state index in [9.17, 15) is 19.2 Å². The number of thioether (sulfide) groups is 2. The first-order valence-electron chi connectivity index (χ1n) is 12.7. The van der Waals surface area contributed by atoms with Gasteiger partial charge in [0.25, 0.3) is 11.8 Å². The molecule has 2 saturated heterocycles. The molecule has 0 radical (unpaired) electrons. The lowest BCUT2D eigenvalue weighted by atomic mass is 10.2. The first-order chi connectivity index (χ1) is 19.1. The summed E-state index contributed by atoms with van der Waals surface area (Å²) in [6.45, 7) is 4.44. The Morgan fingerprint density at radius 2 is 1.12 bits per heavy atom. The van der Waals surface area contributed by atoms with Crippen LogP contribution in [0.25, 0.3) is 0 Å². The number of rotatable bonds is 10. The summed E-state index contributed by atoms with van der Waals surface area (Å²) >= 11 is 13.0. The van der Waals surface area contributed by atoms with E-state index < -0.39 is 0 Å². The minimum atomic E-state index is -0.355. The maximum Gasteiger partial charge on any atom is 0.267 e. The number of hydrogen-bond donors (Lipinski definition) is 2. The molecule has 2 aromatic carbocycles. The molecule has 0 bridgehead atoms. The maximum atomic E-state index is 13.1. The van der Waals surface area contributed by atoms with Gasteiger partial charge in [-0.1, -0.05) is 72.2 Å². The predicted molar refractivity (Wildman–Crippen MR) is 169 cm³/mol. The van der Waals surface area contributed by atoms with Crippen molar-refractivity contribution in [2.24, 2.45) is 0 Å². The number of benzene rings is 2. The minimum absolute atomic E-state index is 0.149. The van der Waals surface area contributed by atoms with Gasteiger partial charge in [-0.3, -0.25) is 29.0 Å². The Kier molecular flexibility index (Phi) is 10.1. The van der Waals surface area contributed by atoms with Gasteiger partial charge in [-0.15, -0.1) is 0 Å². The molecule has 2 aliphatic heterocycles. The lowest BCUT2D eigenvalue weighted by Crippen LogP contribution is -2.31. The SMILES string of the molecule is Cc1cccc(NC(=O)CCCN2C(=O)/C(=C3\SC(=S)N(CCCC(=O)Nc4cccc(C)c4)C3=O)SC2=S)c1. The molecule has 2 heterocycles. The Morgan fingerprint density at radius 3 is 1.50 bits per heavy atom. The third-order valence-corrected chi connectivity index (χ3v) is 9.11. The van der Waals surface area contributed by atoms with E-state index in [-0.39, 0.29) is 59.4 Å². The van der Waals surface area contributed by atoms with Crippen LogP contribution in [0.1, 0.15) is 36.8 Å². The van der Waals surface area contributed by atoms with Crippen molar-refractivity contribution < 1.29 is 19.2 Å². The normalized spacial score (nSPS) is 17.1. The monoisotopic (exact) mass is 612 g/mol. The fraction of sp³-hybridized carbons (Fsp3) is 0.286. The number of aryl methyl sites for hydroxylation is 2. The zero-order valence-electron chi connectivity index (χ0n) is 22.0. The summed E-state index contributed by atoms with van der Waals surface area (Å²) in [6, 6.07) is 15.1. The second-order valence-electron chi connectivity index (χ2n) is 9.35. The summed E-state index contributed by atoms with van der Waals surface area (Å²) in [5, 5.41) is 5.71. The molecule has 0 aromatic heterocycles. The van der Waals surface area contributed by atoms with E-state index >= 15 is 0 Å². The van der Waals surface area contributed by atoms with Crippen molar-refractivity contribution >= 4 is 91.6 Å². The molecular formula is C28H28N4O4S4. The molecule has 0 saturated carbocycles. The van der Waals surface area contributed by atoms with Gasteiger partial charge in [0, 0.05) is 37.3 Å². The molecule has 2 aromatic rings. The van der Waals surface area contributed by atoms with E-state index in [1.807, 2.05) is 62.4 Å². The molecule has 0 aliphatic carbocycles. The van der Waals surface area contributed by atoms with E-state index in [4.69, 9.17) is 24.4 Å². The average molecular weight is 613 g/mol. The minimum Gasteiger partial charge on any atom is -0.326 e. The van der Waals surface area contributed by atoms with Crippen molar-refractivity contribution in [2.75, 3.05) is 23.7 Å². The smallest absolute Gasteiger partial charge is 0.267 e. The van der Waals surface area contributed by atoms with Crippen LogP contribution in [0.3, 0.4) is 0 Å². The number of carbonyl (C=O) groups excluding carboxylic acids is 4. The first-order valence-corrected chi connectivity index (χ1v) is 15.1. The van der Waals surface area contributed by atoms with Gasteiger partial charge in [0.2, 0.25) is 11.8 Å². The Morgan fingerprint density at radius 1 is 0.725 bits per heavy atom. The van der Waals surface area contributed by atoms with Crippen LogP contribution < -0.4 is 10.6 Å². The summed E-state index contributed by atoms with van der Waals surface area (Å²) in [5.74, 6) is -1.01. The third-order valence-electron chi connectivity index (χ3n) is 6.08. The Labute approximate surface area is 252 Å². The van der Waals surface area contributed by atoms with Crippen LogP contribution >= 0.6 is 48.0 Å². The second-order valence-corrected chi connectivity index (χ2v) is 12.6. The van der Waals surface area contributed by atoms with Crippen molar-refractivity contribution in [3.8, 4) is 0 Å². The van der Waals surface area contributed by atoms with Crippen molar-refractivity contribution in [1.29, 1.82) is 0 Å². The standard InChI is InChI=1S/C28H28N4O4S4/c1-17-7-3-9-19(15-17)29-21(33)11-5-13-31-25(35)23(39-27(31)37)24-26(36)32(28(38)40-24)14-6-12-22(34)30-20-10-4-8-18(2)16-20/h3-4,7-10,15-16H,5-6,11-14H2,1-2H3,(H,29,33)(H,30,34)/b24-23+. The highest BCUT2D eigenvalue weighted by atomic mass is 32.2.